The Labute approximate surface area is 128 Å². The predicted octanol–water partition coefficient (Wildman–Crippen LogP) is 1.06. The molecule has 0 aliphatic heterocycles. The zero-order chi connectivity index (χ0) is 12.3. The van der Waals surface area contributed by atoms with Gasteiger partial charge in [-0.05, 0) is 28.9 Å². The number of Topliss-reactive ketones (excluding diaryl/α,β-unsaturated/α-hetero) is 2. The van der Waals surface area contributed by atoms with Crippen LogP contribution in [0.15, 0.2) is 16.7 Å². The van der Waals surface area contributed by atoms with Gasteiger partial charge in [0.15, 0.2) is 5.78 Å². The summed E-state index contributed by atoms with van der Waals surface area (Å²) in [6.07, 6.45) is 0.981. The molecule has 0 saturated carbocycles. The van der Waals surface area contributed by atoms with E-state index in [1.807, 2.05) is 0 Å². The van der Waals surface area contributed by atoms with E-state index in [1.54, 1.807) is 0 Å². The molecule has 0 atom stereocenters. The van der Waals surface area contributed by atoms with E-state index in [2.05, 4.69) is 20.9 Å². The average Bonchev–Trinajstić information content (AvgIpc) is 2.16. The molecule has 0 unspecified atom stereocenters. The van der Waals surface area contributed by atoms with Crippen molar-refractivity contribution in [2.24, 2.45) is 0 Å². The Morgan fingerprint density at radius 1 is 1.41 bits per heavy atom. The zero-order valence-electron chi connectivity index (χ0n) is 8.36. The van der Waals surface area contributed by atoms with Crippen molar-refractivity contribution in [1.29, 1.82) is 0 Å². The third kappa shape index (κ3) is 4.67. The third-order valence-electron chi connectivity index (χ3n) is 1.76. The van der Waals surface area contributed by atoms with Crippen LogP contribution in [-0.2, 0) is 4.79 Å². The number of nitrogens with zero attached hydrogens (tertiary/aromatic N) is 1. The van der Waals surface area contributed by atoms with Crippen LogP contribution in [0, 0.1) is 0 Å². The summed E-state index contributed by atoms with van der Waals surface area (Å²) >= 11 is 3.06. The van der Waals surface area contributed by atoms with Crippen molar-refractivity contribution in [3.63, 3.8) is 0 Å². The number of aromatic carboxylic acids is 1. The standard InChI is InChI=1S/C10H8BrNO4.Na.H/c1-5(13)2-8(14)9-7(10(15)16)3-6(11)4-12-9;;/h3-4H,2H2,1H3,(H,15,16);;. The van der Waals surface area contributed by atoms with Crippen LogP contribution < -0.4 is 0 Å². The molecule has 0 aliphatic rings. The molecule has 7 heteroatoms. The van der Waals surface area contributed by atoms with Gasteiger partial charge in [0.05, 0.1) is 12.0 Å². The van der Waals surface area contributed by atoms with Crippen LogP contribution in [0.5, 0.6) is 0 Å². The van der Waals surface area contributed by atoms with Crippen LogP contribution in [0.4, 0.5) is 0 Å². The summed E-state index contributed by atoms with van der Waals surface area (Å²) in [7, 11) is 0. The summed E-state index contributed by atoms with van der Waals surface area (Å²) in [5.74, 6) is -2.16. The van der Waals surface area contributed by atoms with Gasteiger partial charge in [-0.2, -0.15) is 0 Å². The first-order valence-electron chi connectivity index (χ1n) is 4.33. The van der Waals surface area contributed by atoms with E-state index < -0.39 is 11.8 Å². The molecule has 0 radical (unpaired) electrons. The maximum absolute atomic E-state index is 11.5. The average molecular weight is 310 g/mol. The summed E-state index contributed by atoms with van der Waals surface area (Å²) < 4.78 is 0.462. The number of carbonyl (C=O) groups is 3. The van der Waals surface area contributed by atoms with E-state index >= 15 is 0 Å². The van der Waals surface area contributed by atoms with Gasteiger partial charge in [-0.3, -0.25) is 14.6 Å². The van der Waals surface area contributed by atoms with Crippen molar-refractivity contribution in [3.8, 4) is 0 Å². The fourth-order valence-corrected chi connectivity index (χ4v) is 1.47. The van der Waals surface area contributed by atoms with Gasteiger partial charge in [0.1, 0.15) is 11.5 Å². The van der Waals surface area contributed by atoms with E-state index in [-0.39, 0.29) is 53.0 Å². The zero-order valence-corrected chi connectivity index (χ0v) is 9.94. The fourth-order valence-electron chi connectivity index (χ4n) is 1.13. The van der Waals surface area contributed by atoms with E-state index in [4.69, 9.17) is 5.11 Å². The molecule has 1 N–H and O–H groups in total. The van der Waals surface area contributed by atoms with Crippen LogP contribution in [0.25, 0.3) is 0 Å². The van der Waals surface area contributed by atoms with Crippen molar-refractivity contribution in [3.05, 3.63) is 28.0 Å². The molecule has 0 aliphatic carbocycles. The van der Waals surface area contributed by atoms with E-state index in [9.17, 15) is 14.4 Å². The number of carboxylic acids is 1. The van der Waals surface area contributed by atoms with Crippen LogP contribution in [-0.4, -0.2) is 57.2 Å². The molecule has 0 aromatic carbocycles. The second kappa shape index (κ2) is 7.00. The van der Waals surface area contributed by atoms with Crippen molar-refractivity contribution in [1.82, 2.24) is 4.98 Å². The summed E-state index contributed by atoms with van der Waals surface area (Å²) in [6, 6.07) is 1.28. The Kier molecular flexibility index (Phi) is 6.77. The van der Waals surface area contributed by atoms with E-state index in [1.165, 1.54) is 19.2 Å². The minimum atomic E-state index is -1.25. The summed E-state index contributed by atoms with van der Waals surface area (Å²) in [6.45, 7) is 1.26. The SMILES string of the molecule is CC(=O)CC(=O)c1ncc(Br)cc1C(=O)O.[NaH]. The molecule has 0 saturated heterocycles. The van der Waals surface area contributed by atoms with Gasteiger partial charge in [0, 0.05) is 10.7 Å². The molecule has 1 rings (SSSR count). The molecule has 0 spiro atoms. The van der Waals surface area contributed by atoms with Crippen molar-refractivity contribution >= 4 is 63.0 Å². The molecule has 5 nitrogen and oxygen atoms in total. The number of hydrogen-bond donors (Lipinski definition) is 1. The second-order valence-corrected chi connectivity index (χ2v) is 4.07. The first kappa shape index (κ1) is 16.4. The van der Waals surface area contributed by atoms with Crippen LogP contribution in [0.3, 0.4) is 0 Å². The second-order valence-electron chi connectivity index (χ2n) is 3.16. The molecule has 0 fully saturated rings. The number of halogens is 1. The first-order chi connectivity index (χ1) is 7.41. The molecule has 1 aromatic heterocycles. The normalized spacial score (nSPS) is 9.29. The van der Waals surface area contributed by atoms with Gasteiger partial charge in [-0.15, -0.1) is 0 Å². The van der Waals surface area contributed by atoms with Gasteiger partial charge in [-0.1, -0.05) is 0 Å². The number of carbonyl (C=O) groups excluding carboxylic acids is 2. The van der Waals surface area contributed by atoms with E-state index in [0.29, 0.717) is 4.47 Å². The fraction of sp³-hybridized carbons (Fsp3) is 0.200. The molecule has 17 heavy (non-hydrogen) atoms. The van der Waals surface area contributed by atoms with Gasteiger partial charge in [-0.25, -0.2) is 4.79 Å². The molecular weight excluding hydrogens is 301 g/mol. The van der Waals surface area contributed by atoms with E-state index in [0.717, 1.165) is 0 Å². The number of rotatable bonds is 4. The number of carboxylic acid groups (broad SMARTS) is 1. The predicted molar refractivity (Wildman–Crippen MR) is 65.7 cm³/mol. The van der Waals surface area contributed by atoms with Crippen LogP contribution >= 0.6 is 15.9 Å². The quantitative estimate of drug-likeness (QED) is 0.510. The summed E-state index contributed by atoms with van der Waals surface area (Å²) in [4.78, 5) is 36.9. The number of pyridine rings is 1. The number of aromatic nitrogens is 1. The Morgan fingerprint density at radius 2 is 2.00 bits per heavy atom. The van der Waals surface area contributed by atoms with Gasteiger partial charge in [0.2, 0.25) is 0 Å². The van der Waals surface area contributed by atoms with Crippen LogP contribution in [0.2, 0.25) is 0 Å². The van der Waals surface area contributed by atoms with Crippen molar-refractivity contribution < 1.29 is 19.5 Å². The Bertz CT molecular complexity index is 475. The molecule has 1 heterocycles. The van der Waals surface area contributed by atoms with Crippen molar-refractivity contribution in [2.45, 2.75) is 13.3 Å². The Balaban J connectivity index is 0.00000256. The Hall–Kier alpha value is -0.560. The summed E-state index contributed by atoms with van der Waals surface area (Å²) in [5, 5.41) is 8.88. The Morgan fingerprint density at radius 3 is 2.47 bits per heavy atom. The third-order valence-corrected chi connectivity index (χ3v) is 2.19. The van der Waals surface area contributed by atoms with Gasteiger partial charge >= 0.3 is 35.5 Å². The molecule has 86 valence electrons. The molecule has 0 bridgehead atoms. The summed E-state index contributed by atoms with van der Waals surface area (Å²) in [5.41, 5.74) is -0.397. The van der Waals surface area contributed by atoms with Gasteiger partial charge < -0.3 is 5.11 Å². The molecular formula is C10H9BrNNaO4. The number of ketones is 2. The first-order valence-corrected chi connectivity index (χ1v) is 5.12. The number of hydrogen-bond acceptors (Lipinski definition) is 4. The topological polar surface area (TPSA) is 84.3 Å². The molecule has 1 aromatic rings. The maximum atomic E-state index is 11.5. The molecule has 0 amide bonds. The van der Waals surface area contributed by atoms with Crippen LogP contribution in [0.1, 0.15) is 34.2 Å². The van der Waals surface area contributed by atoms with Gasteiger partial charge in [0.25, 0.3) is 0 Å². The van der Waals surface area contributed by atoms with Crippen molar-refractivity contribution in [2.75, 3.05) is 0 Å². The minimum absolute atomic E-state index is 0. The monoisotopic (exact) mass is 309 g/mol.